The number of nitrogens with one attached hydrogen (secondary N) is 2. The van der Waals surface area contributed by atoms with Gasteiger partial charge in [0.05, 0.1) is 4.90 Å². The van der Waals surface area contributed by atoms with Gasteiger partial charge in [-0.3, -0.25) is 4.79 Å². The molecule has 7 nitrogen and oxygen atoms in total. The first-order valence-corrected chi connectivity index (χ1v) is 9.19. The maximum absolute atomic E-state index is 12.4. The Morgan fingerprint density at radius 1 is 1.08 bits per heavy atom. The molecule has 0 fully saturated rings. The summed E-state index contributed by atoms with van der Waals surface area (Å²) in [5.74, 6) is 0.897. The highest BCUT2D eigenvalue weighted by atomic mass is 32.2. The van der Waals surface area contributed by atoms with E-state index in [0.29, 0.717) is 35.8 Å². The molecule has 1 aliphatic heterocycles. The van der Waals surface area contributed by atoms with Crippen LogP contribution in [0.2, 0.25) is 0 Å². The van der Waals surface area contributed by atoms with Crippen molar-refractivity contribution in [2.75, 3.05) is 20.3 Å². The molecular formula is C17H18N2O5S. The van der Waals surface area contributed by atoms with Crippen LogP contribution in [0.25, 0.3) is 0 Å². The minimum atomic E-state index is -3.71. The van der Waals surface area contributed by atoms with E-state index in [4.69, 9.17) is 9.47 Å². The lowest BCUT2D eigenvalue weighted by atomic mass is 10.2. The number of sulfonamides is 1. The first kappa shape index (κ1) is 17.2. The predicted molar refractivity (Wildman–Crippen MR) is 91.3 cm³/mol. The van der Waals surface area contributed by atoms with Crippen LogP contribution in [0.4, 0.5) is 0 Å². The van der Waals surface area contributed by atoms with Gasteiger partial charge in [-0.2, -0.15) is 0 Å². The van der Waals surface area contributed by atoms with Crippen LogP contribution in [0.1, 0.15) is 15.9 Å². The van der Waals surface area contributed by atoms with E-state index in [9.17, 15) is 13.2 Å². The molecule has 0 unspecified atom stereocenters. The van der Waals surface area contributed by atoms with Crippen LogP contribution < -0.4 is 19.5 Å². The fourth-order valence-electron chi connectivity index (χ4n) is 2.46. The van der Waals surface area contributed by atoms with Crippen molar-refractivity contribution < 1.29 is 22.7 Å². The van der Waals surface area contributed by atoms with Gasteiger partial charge in [-0.15, -0.1) is 0 Å². The van der Waals surface area contributed by atoms with Crippen molar-refractivity contribution in [3.8, 4) is 11.5 Å². The second-order valence-corrected chi connectivity index (χ2v) is 7.14. The predicted octanol–water partition coefficient (Wildman–Crippen LogP) is 1.30. The second-order valence-electron chi connectivity index (χ2n) is 5.37. The number of amides is 1. The molecule has 2 aromatic rings. The minimum absolute atomic E-state index is 0.0755. The molecule has 0 radical (unpaired) electrons. The number of rotatable bonds is 5. The molecular weight excluding hydrogens is 344 g/mol. The van der Waals surface area contributed by atoms with Crippen molar-refractivity contribution >= 4 is 15.9 Å². The van der Waals surface area contributed by atoms with E-state index in [1.807, 2.05) is 0 Å². The van der Waals surface area contributed by atoms with Crippen LogP contribution in [0, 0.1) is 0 Å². The summed E-state index contributed by atoms with van der Waals surface area (Å²) in [4.78, 5) is 11.6. The number of fused-ring (bicyclic) bond motifs is 1. The van der Waals surface area contributed by atoms with Gasteiger partial charge in [0.1, 0.15) is 13.2 Å². The average Bonchev–Trinajstić information content (AvgIpc) is 2.66. The van der Waals surface area contributed by atoms with Crippen molar-refractivity contribution in [1.82, 2.24) is 10.0 Å². The maximum Gasteiger partial charge on any atom is 0.251 e. The molecule has 0 spiro atoms. The third kappa shape index (κ3) is 3.75. The first-order valence-electron chi connectivity index (χ1n) is 7.70. The lowest BCUT2D eigenvalue weighted by molar-refractivity contribution is 0.0963. The number of hydrogen-bond acceptors (Lipinski definition) is 5. The largest absolute Gasteiger partial charge is 0.486 e. The highest BCUT2D eigenvalue weighted by Gasteiger charge is 2.19. The molecule has 3 rings (SSSR count). The molecule has 0 bridgehead atoms. The van der Waals surface area contributed by atoms with Crippen molar-refractivity contribution in [2.24, 2.45) is 0 Å². The number of carbonyl (C=O) groups excluding carboxylic acids is 1. The zero-order valence-corrected chi connectivity index (χ0v) is 14.4. The van der Waals surface area contributed by atoms with Gasteiger partial charge in [0.25, 0.3) is 5.91 Å². The Hall–Kier alpha value is -2.58. The topological polar surface area (TPSA) is 93.7 Å². The number of hydrogen-bond donors (Lipinski definition) is 2. The Balaban J connectivity index is 1.75. The monoisotopic (exact) mass is 362 g/mol. The van der Waals surface area contributed by atoms with E-state index in [-0.39, 0.29) is 17.3 Å². The standard InChI is InChI=1S/C17H18N2O5S/c1-18-17(20)12-5-7-14(8-6-12)25(21,22)19-11-13-3-2-4-15-16(13)24-10-9-23-15/h2-8,19H,9-11H2,1H3,(H,18,20). The summed E-state index contributed by atoms with van der Waals surface area (Å²) < 4.78 is 38.5. The summed E-state index contributed by atoms with van der Waals surface area (Å²) in [5.41, 5.74) is 1.09. The van der Waals surface area contributed by atoms with Gasteiger partial charge in [0, 0.05) is 24.7 Å². The second kappa shape index (κ2) is 7.12. The smallest absolute Gasteiger partial charge is 0.251 e. The molecule has 1 aliphatic rings. The lowest BCUT2D eigenvalue weighted by Crippen LogP contribution is -2.25. The van der Waals surface area contributed by atoms with Gasteiger partial charge in [-0.05, 0) is 30.3 Å². The Kier molecular flexibility index (Phi) is 4.91. The molecule has 2 aromatic carbocycles. The van der Waals surface area contributed by atoms with Crippen LogP contribution in [0.15, 0.2) is 47.4 Å². The molecule has 132 valence electrons. The van der Waals surface area contributed by atoms with E-state index in [1.54, 1.807) is 18.2 Å². The van der Waals surface area contributed by atoms with Crippen molar-refractivity contribution in [3.05, 3.63) is 53.6 Å². The molecule has 0 atom stereocenters. The summed E-state index contributed by atoms with van der Waals surface area (Å²) >= 11 is 0. The summed E-state index contributed by atoms with van der Waals surface area (Å²) in [6, 6.07) is 11.1. The fourth-order valence-corrected chi connectivity index (χ4v) is 3.47. The molecule has 1 amide bonds. The number of carbonyl (C=O) groups is 1. The fraction of sp³-hybridized carbons (Fsp3) is 0.235. The molecule has 0 saturated carbocycles. The zero-order chi connectivity index (χ0) is 17.9. The molecule has 1 heterocycles. The molecule has 25 heavy (non-hydrogen) atoms. The molecule has 8 heteroatoms. The van der Waals surface area contributed by atoms with Crippen molar-refractivity contribution in [3.63, 3.8) is 0 Å². The van der Waals surface area contributed by atoms with Gasteiger partial charge in [0.2, 0.25) is 10.0 Å². The normalized spacial score (nSPS) is 13.3. The Morgan fingerprint density at radius 2 is 1.80 bits per heavy atom. The van der Waals surface area contributed by atoms with Crippen molar-refractivity contribution in [2.45, 2.75) is 11.4 Å². The number of ether oxygens (including phenoxy) is 2. The molecule has 0 aromatic heterocycles. The van der Waals surface area contributed by atoms with E-state index in [1.165, 1.54) is 31.3 Å². The number of para-hydroxylation sites is 1. The molecule has 2 N–H and O–H groups in total. The van der Waals surface area contributed by atoms with Gasteiger partial charge >= 0.3 is 0 Å². The van der Waals surface area contributed by atoms with Crippen LogP contribution in [0.3, 0.4) is 0 Å². The Morgan fingerprint density at radius 3 is 2.52 bits per heavy atom. The van der Waals surface area contributed by atoms with Crippen LogP contribution in [0.5, 0.6) is 11.5 Å². The third-order valence-corrected chi connectivity index (χ3v) is 5.17. The van der Waals surface area contributed by atoms with E-state index >= 15 is 0 Å². The lowest BCUT2D eigenvalue weighted by Gasteiger charge is -2.21. The Labute approximate surface area is 146 Å². The maximum atomic E-state index is 12.4. The zero-order valence-electron chi connectivity index (χ0n) is 13.6. The summed E-state index contributed by atoms with van der Waals surface area (Å²) in [5, 5.41) is 2.49. The first-order chi connectivity index (χ1) is 12.0. The van der Waals surface area contributed by atoms with E-state index in [0.717, 1.165) is 0 Å². The quantitative estimate of drug-likeness (QED) is 0.836. The molecule has 0 aliphatic carbocycles. The SMILES string of the molecule is CNC(=O)c1ccc(S(=O)(=O)NCc2cccc3c2OCCO3)cc1. The highest BCUT2D eigenvalue weighted by molar-refractivity contribution is 7.89. The Bertz CT molecular complexity index is 878. The number of benzene rings is 2. The minimum Gasteiger partial charge on any atom is -0.486 e. The van der Waals surface area contributed by atoms with Crippen LogP contribution in [-0.2, 0) is 16.6 Å². The van der Waals surface area contributed by atoms with Crippen molar-refractivity contribution in [1.29, 1.82) is 0 Å². The van der Waals surface area contributed by atoms with Gasteiger partial charge < -0.3 is 14.8 Å². The summed E-state index contributed by atoms with van der Waals surface area (Å²) in [6.07, 6.45) is 0. The van der Waals surface area contributed by atoms with E-state index in [2.05, 4.69) is 10.0 Å². The average molecular weight is 362 g/mol. The van der Waals surface area contributed by atoms with Gasteiger partial charge in [0.15, 0.2) is 11.5 Å². The third-order valence-electron chi connectivity index (χ3n) is 3.75. The highest BCUT2D eigenvalue weighted by Crippen LogP contribution is 2.33. The summed E-state index contributed by atoms with van der Waals surface area (Å²) in [6.45, 7) is 0.976. The van der Waals surface area contributed by atoms with Gasteiger partial charge in [-0.1, -0.05) is 12.1 Å². The summed E-state index contributed by atoms with van der Waals surface area (Å²) in [7, 11) is -2.20. The van der Waals surface area contributed by atoms with E-state index < -0.39 is 10.0 Å². The van der Waals surface area contributed by atoms with Crippen LogP contribution >= 0.6 is 0 Å². The van der Waals surface area contributed by atoms with Crippen LogP contribution in [-0.4, -0.2) is 34.6 Å². The molecule has 0 saturated heterocycles. The van der Waals surface area contributed by atoms with Gasteiger partial charge in [-0.25, -0.2) is 13.1 Å².